The van der Waals surface area contributed by atoms with E-state index in [1.165, 1.54) is 0 Å². The molecule has 4 N–H and O–H groups in total. The number of allylic oxidation sites excluding steroid dienone is 3. The number of phenolic OH excluding ortho intramolecular Hbond substituents is 1. The van der Waals surface area contributed by atoms with Gasteiger partial charge in [-0.2, -0.15) is 0 Å². The van der Waals surface area contributed by atoms with Crippen LogP contribution in [-0.2, 0) is 4.79 Å². The number of anilines is 3. The fourth-order valence-electron chi connectivity index (χ4n) is 2.45. The summed E-state index contributed by atoms with van der Waals surface area (Å²) in [5.74, 6) is 0.0924. The molecule has 7 heteroatoms. The number of phenols is 1. The Bertz CT molecular complexity index is 1020. The zero-order valence-electron chi connectivity index (χ0n) is 21.3. The Morgan fingerprint density at radius 2 is 1.71 bits per heavy atom. The molecule has 2 aromatic carbocycles. The molecule has 0 unspecified atom stereocenters. The SMILES string of the molecule is C/C=C\CC.C=CC.CC.O=C(CO)Nc1ccc(-c2ccnc(Nc3cccc(O)c3)n2)cc1. The molecule has 3 aromatic rings. The van der Waals surface area contributed by atoms with Crippen LogP contribution >= 0.6 is 0 Å². The number of carbonyl (C=O) groups is 1. The van der Waals surface area contributed by atoms with Gasteiger partial charge in [0.25, 0.3) is 0 Å². The number of aromatic nitrogens is 2. The number of carbonyl (C=O) groups excluding carboxylic acids is 1. The van der Waals surface area contributed by atoms with E-state index >= 15 is 0 Å². The summed E-state index contributed by atoms with van der Waals surface area (Å²) in [6.45, 7) is 12.8. The van der Waals surface area contributed by atoms with Crippen LogP contribution in [0.25, 0.3) is 11.3 Å². The second-order valence-corrected chi connectivity index (χ2v) is 6.61. The molecular formula is C28H38N4O3. The van der Waals surface area contributed by atoms with Crippen LogP contribution in [0.2, 0.25) is 0 Å². The highest BCUT2D eigenvalue weighted by molar-refractivity contribution is 5.91. The van der Waals surface area contributed by atoms with Gasteiger partial charge in [-0.15, -0.1) is 6.58 Å². The minimum Gasteiger partial charge on any atom is -0.508 e. The summed E-state index contributed by atoms with van der Waals surface area (Å²) in [7, 11) is 0. The van der Waals surface area contributed by atoms with Gasteiger partial charge in [-0.1, -0.05) is 57.2 Å². The summed E-state index contributed by atoms with van der Waals surface area (Å²) in [4.78, 5) is 19.8. The minimum atomic E-state index is -0.558. The van der Waals surface area contributed by atoms with Gasteiger partial charge in [0.05, 0.1) is 5.69 Å². The Hall–Kier alpha value is -3.97. The van der Waals surface area contributed by atoms with Crippen molar-refractivity contribution in [3.8, 4) is 17.0 Å². The minimum absolute atomic E-state index is 0.154. The summed E-state index contributed by atoms with van der Waals surface area (Å²) >= 11 is 0. The highest BCUT2D eigenvalue weighted by Gasteiger charge is 2.05. The lowest BCUT2D eigenvalue weighted by Crippen LogP contribution is -2.15. The van der Waals surface area contributed by atoms with Crippen molar-refractivity contribution in [1.29, 1.82) is 0 Å². The van der Waals surface area contributed by atoms with Crippen LogP contribution in [0.15, 0.2) is 85.6 Å². The van der Waals surface area contributed by atoms with E-state index in [9.17, 15) is 9.90 Å². The van der Waals surface area contributed by atoms with Crippen molar-refractivity contribution in [3.05, 3.63) is 85.6 Å². The van der Waals surface area contributed by atoms with Crippen molar-refractivity contribution >= 4 is 23.2 Å². The molecule has 0 saturated carbocycles. The molecule has 0 saturated heterocycles. The Labute approximate surface area is 209 Å². The lowest BCUT2D eigenvalue weighted by atomic mass is 10.1. The number of amides is 1. The third-order valence-electron chi connectivity index (χ3n) is 3.84. The summed E-state index contributed by atoms with van der Waals surface area (Å²) in [6, 6.07) is 15.5. The smallest absolute Gasteiger partial charge is 0.250 e. The predicted octanol–water partition coefficient (Wildman–Crippen LogP) is 6.71. The van der Waals surface area contributed by atoms with E-state index in [2.05, 4.69) is 46.3 Å². The third kappa shape index (κ3) is 13.4. The number of nitrogens with zero attached hydrogens (tertiary/aromatic N) is 2. The highest BCUT2D eigenvalue weighted by atomic mass is 16.3. The standard InChI is InChI=1S/C18H16N4O3.C5H10.C3H6.C2H6/c23-11-17(25)20-13-6-4-12(5-7-13)16-8-9-19-18(22-16)21-14-2-1-3-15(24)10-14;1-3-5-4-2;1-3-2;1-2/h1-10,23-24H,11H2,(H,20,25)(H,19,21,22);3,5H,4H2,1-2H3;3H,1H2,2H3;1-2H3/b;5-3-;;. The molecule has 35 heavy (non-hydrogen) atoms. The van der Waals surface area contributed by atoms with Gasteiger partial charge in [-0.3, -0.25) is 4.79 Å². The summed E-state index contributed by atoms with van der Waals surface area (Å²) in [5.41, 5.74) is 2.83. The van der Waals surface area contributed by atoms with E-state index in [0.29, 0.717) is 23.0 Å². The first-order chi connectivity index (χ1) is 17.0. The molecule has 0 aliphatic rings. The Morgan fingerprint density at radius 3 is 2.23 bits per heavy atom. The molecule has 1 aromatic heterocycles. The Balaban J connectivity index is 0.000000995. The number of hydrogen-bond donors (Lipinski definition) is 4. The molecule has 0 aliphatic carbocycles. The summed E-state index contributed by atoms with van der Waals surface area (Å²) < 4.78 is 0. The molecule has 0 fully saturated rings. The molecule has 0 atom stereocenters. The Morgan fingerprint density at radius 1 is 1.06 bits per heavy atom. The van der Waals surface area contributed by atoms with Crippen molar-refractivity contribution in [1.82, 2.24) is 9.97 Å². The molecule has 3 rings (SSSR count). The van der Waals surface area contributed by atoms with Crippen LogP contribution in [0.5, 0.6) is 5.75 Å². The molecule has 7 nitrogen and oxygen atoms in total. The normalized spacial score (nSPS) is 9.31. The summed E-state index contributed by atoms with van der Waals surface area (Å²) in [6.07, 6.45) is 8.73. The van der Waals surface area contributed by atoms with Gasteiger partial charge in [0.1, 0.15) is 12.4 Å². The van der Waals surface area contributed by atoms with E-state index in [-0.39, 0.29) is 5.75 Å². The van der Waals surface area contributed by atoms with E-state index in [1.807, 2.05) is 39.8 Å². The van der Waals surface area contributed by atoms with Crippen LogP contribution in [0.3, 0.4) is 0 Å². The van der Waals surface area contributed by atoms with Crippen molar-refractivity contribution in [2.75, 3.05) is 17.2 Å². The number of rotatable bonds is 6. The van der Waals surface area contributed by atoms with Crippen LogP contribution in [0, 0.1) is 0 Å². The number of nitrogens with one attached hydrogen (secondary N) is 2. The van der Waals surface area contributed by atoms with Gasteiger partial charge in [-0.05, 0) is 50.6 Å². The van der Waals surface area contributed by atoms with Gasteiger partial charge < -0.3 is 20.8 Å². The summed E-state index contributed by atoms with van der Waals surface area (Å²) in [5, 5.41) is 23.8. The molecule has 0 bridgehead atoms. The second kappa shape index (κ2) is 19.5. The lowest BCUT2D eigenvalue weighted by molar-refractivity contribution is -0.118. The first-order valence-corrected chi connectivity index (χ1v) is 11.6. The number of aliphatic hydroxyl groups excluding tert-OH is 1. The lowest BCUT2D eigenvalue weighted by Gasteiger charge is -2.08. The van der Waals surface area contributed by atoms with Gasteiger partial charge in [-0.25, -0.2) is 9.97 Å². The molecule has 1 amide bonds. The zero-order chi connectivity index (χ0) is 26.5. The number of aromatic hydroxyl groups is 1. The van der Waals surface area contributed by atoms with Gasteiger partial charge >= 0.3 is 0 Å². The second-order valence-electron chi connectivity index (χ2n) is 6.61. The fraction of sp³-hybridized carbons (Fsp3) is 0.250. The maximum absolute atomic E-state index is 11.2. The number of benzene rings is 2. The average Bonchev–Trinajstić information content (AvgIpc) is 2.87. The predicted molar refractivity (Wildman–Crippen MR) is 147 cm³/mol. The van der Waals surface area contributed by atoms with Crippen LogP contribution in [0.4, 0.5) is 17.3 Å². The average molecular weight is 479 g/mol. The van der Waals surface area contributed by atoms with Crippen LogP contribution in [0.1, 0.15) is 41.0 Å². The van der Waals surface area contributed by atoms with E-state index in [1.54, 1.807) is 54.7 Å². The fourth-order valence-corrected chi connectivity index (χ4v) is 2.45. The largest absolute Gasteiger partial charge is 0.508 e. The number of hydrogen-bond acceptors (Lipinski definition) is 6. The Kier molecular flexibility index (Phi) is 17.3. The molecule has 1 heterocycles. The van der Waals surface area contributed by atoms with Crippen molar-refractivity contribution in [3.63, 3.8) is 0 Å². The zero-order valence-corrected chi connectivity index (χ0v) is 21.3. The van der Waals surface area contributed by atoms with Gasteiger partial charge in [0.15, 0.2) is 0 Å². The first-order valence-electron chi connectivity index (χ1n) is 11.6. The van der Waals surface area contributed by atoms with Crippen molar-refractivity contribution < 1.29 is 15.0 Å². The molecule has 188 valence electrons. The van der Waals surface area contributed by atoms with Crippen molar-refractivity contribution in [2.45, 2.75) is 41.0 Å². The molecule has 0 aliphatic heterocycles. The monoisotopic (exact) mass is 478 g/mol. The van der Waals surface area contributed by atoms with E-state index in [4.69, 9.17) is 5.11 Å². The van der Waals surface area contributed by atoms with Crippen LogP contribution < -0.4 is 10.6 Å². The van der Waals surface area contributed by atoms with Crippen LogP contribution in [-0.4, -0.2) is 32.7 Å². The van der Waals surface area contributed by atoms with E-state index < -0.39 is 12.5 Å². The first kappa shape index (κ1) is 31.0. The molecule has 0 radical (unpaired) electrons. The maximum Gasteiger partial charge on any atom is 0.250 e. The van der Waals surface area contributed by atoms with Gasteiger partial charge in [0.2, 0.25) is 11.9 Å². The molecule has 0 spiro atoms. The number of aliphatic hydroxyl groups is 1. The maximum atomic E-state index is 11.2. The molecular weight excluding hydrogens is 440 g/mol. The van der Waals surface area contributed by atoms with E-state index in [0.717, 1.165) is 12.0 Å². The van der Waals surface area contributed by atoms with Crippen molar-refractivity contribution in [2.24, 2.45) is 0 Å². The quantitative estimate of drug-likeness (QED) is 0.293. The topological polar surface area (TPSA) is 107 Å². The highest BCUT2D eigenvalue weighted by Crippen LogP contribution is 2.22. The van der Waals surface area contributed by atoms with Gasteiger partial charge in [0, 0.05) is 29.2 Å². The third-order valence-corrected chi connectivity index (χ3v) is 3.84.